The average molecular weight is 491 g/mol. The maximum absolute atomic E-state index is 13.3. The molecule has 12 heteroatoms. The Morgan fingerprint density at radius 3 is 2.76 bits per heavy atom. The molecule has 1 aliphatic carbocycles. The van der Waals surface area contributed by atoms with Crippen molar-refractivity contribution in [3.63, 3.8) is 0 Å². The van der Waals surface area contributed by atoms with Gasteiger partial charge in [0.2, 0.25) is 11.8 Å². The molecule has 1 N–H and O–H groups in total. The van der Waals surface area contributed by atoms with E-state index in [4.69, 9.17) is 4.42 Å². The molecule has 3 heterocycles. The molecule has 1 aliphatic heterocycles. The normalized spacial score (nSPS) is 16.8. The van der Waals surface area contributed by atoms with Gasteiger partial charge < -0.3 is 9.73 Å². The number of aromatic nitrogens is 3. The van der Waals surface area contributed by atoms with E-state index in [0.717, 1.165) is 36.6 Å². The molecule has 2 aromatic heterocycles. The van der Waals surface area contributed by atoms with Crippen molar-refractivity contribution in [3.05, 3.63) is 53.7 Å². The van der Waals surface area contributed by atoms with Crippen molar-refractivity contribution in [2.45, 2.75) is 48.8 Å². The van der Waals surface area contributed by atoms with Crippen LogP contribution in [0.2, 0.25) is 0 Å². The summed E-state index contributed by atoms with van der Waals surface area (Å²) in [5, 5.41) is 10.9. The Bertz CT molecular complexity index is 1240. The van der Waals surface area contributed by atoms with Gasteiger partial charge >= 0.3 is 6.18 Å². The number of thioether (sulfide) groups is 1. The van der Waals surface area contributed by atoms with Gasteiger partial charge in [0.05, 0.1) is 35.0 Å². The predicted molar refractivity (Wildman–Crippen MR) is 118 cm³/mol. The van der Waals surface area contributed by atoms with E-state index in [1.54, 1.807) is 19.3 Å². The number of nitrogens with zero attached hydrogens (tertiary/aromatic N) is 4. The molecule has 1 saturated carbocycles. The number of rotatable bonds is 6. The van der Waals surface area contributed by atoms with E-state index >= 15 is 0 Å². The Hall–Kier alpha value is -3.28. The second-order valence-electron chi connectivity index (χ2n) is 8.24. The number of furan rings is 1. The first-order chi connectivity index (χ1) is 16.2. The van der Waals surface area contributed by atoms with Crippen molar-refractivity contribution in [1.82, 2.24) is 14.8 Å². The lowest BCUT2D eigenvalue weighted by molar-refractivity contribution is -0.137. The van der Waals surface area contributed by atoms with Crippen molar-refractivity contribution in [2.24, 2.45) is 0 Å². The van der Waals surface area contributed by atoms with E-state index in [1.807, 2.05) is 10.6 Å². The number of alkyl halides is 3. The first kappa shape index (κ1) is 22.5. The van der Waals surface area contributed by atoms with Crippen molar-refractivity contribution >= 4 is 35.0 Å². The van der Waals surface area contributed by atoms with Gasteiger partial charge in [0.15, 0.2) is 5.16 Å². The third-order valence-corrected chi connectivity index (χ3v) is 6.74. The first-order valence-corrected chi connectivity index (χ1v) is 11.5. The fraction of sp³-hybridized carbons (Fsp3) is 0.364. The topological polar surface area (TPSA) is 93.3 Å². The molecule has 2 amide bonds. The number of halogens is 3. The van der Waals surface area contributed by atoms with Gasteiger partial charge in [-0.1, -0.05) is 11.8 Å². The highest BCUT2D eigenvalue weighted by molar-refractivity contribution is 8.00. The van der Waals surface area contributed by atoms with Crippen LogP contribution >= 0.6 is 11.8 Å². The molecular formula is C22H20F3N5O3S. The summed E-state index contributed by atoms with van der Waals surface area (Å²) in [6.07, 6.45) is -0.935. The van der Waals surface area contributed by atoms with Crippen LogP contribution in [0.4, 0.5) is 24.5 Å². The lowest BCUT2D eigenvalue weighted by atomic mass is 10.1. The number of amides is 2. The zero-order chi connectivity index (χ0) is 24.0. The number of nitrogens with one attached hydrogen (secondary N) is 1. The Kier molecular flexibility index (Phi) is 5.62. The number of hydrogen-bond acceptors (Lipinski definition) is 6. The highest BCUT2D eigenvalue weighted by Crippen LogP contribution is 2.41. The largest absolute Gasteiger partial charge is 0.467 e. The quantitative estimate of drug-likeness (QED) is 0.518. The zero-order valence-corrected chi connectivity index (χ0v) is 18.8. The van der Waals surface area contributed by atoms with E-state index < -0.39 is 28.8 Å². The molecule has 1 unspecified atom stereocenters. The van der Waals surface area contributed by atoms with Gasteiger partial charge in [-0.15, -0.1) is 10.2 Å². The second-order valence-corrected chi connectivity index (χ2v) is 9.55. The Labute approximate surface area is 196 Å². The number of benzene rings is 1. The lowest BCUT2D eigenvalue weighted by Crippen LogP contribution is -2.45. The molecule has 1 fully saturated rings. The van der Waals surface area contributed by atoms with Crippen molar-refractivity contribution in [3.8, 4) is 0 Å². The molecule has 8 nitrogen and oxygen atoms in total. The van der Waals surface area contributed by atoms with Crippen LogP contribution < -0.4 is 10.2 Å². The van der Waals surface area contributed by atoms with E-state index in [-0.39, 0.29) is 17.9 Å². The highest BCUT2D eigenvalue weighted by Gasteiger charge is 2.36. The van der Waals surface area contributed by atoms with Crippen molar-refractivity contribution < 1.29 is 27.2 Å². The lowest BCUT2D eigenvalue weighted by Gasteiger charge is -2.31. The van der Waals surface area contributed by atoms with Gasteiger partial charge in [-0.3, -0.25) is 19.1 Å². The van der Waals surface area contributed by atoms with E-state index in [2.05, 4.69) is 15.5 Å². The number of carbonyl (C=O) groups excluding carboxylic acids is 2. The standard InChI is InChI=1S/C22H20F3N5O3S/c1-12(34-21-28-27-19(13-4-5-13)30(21)10-15-3-2-8-33-15)20(32)29-11-18(31)26-16-9-14(22(23,24)25)6-7-17(16)29/h2-3,6-9,12-13H,4-5,10-11H2,1H3,(H,26,31). The van der Waals surface area contributed by atoms with E-state index in [9.17, 15) is 22.8 Å². The average Bonchev–Trinajstić information content (AvgIpc) is 3.36. The van der Waals surface area contributed by atoms with E-state index in [1.165, 1.54) is 22.7 Å². The molecular weight excluding hydrogens is 471 g/mol. The fourth-order valence-corrected chi connectivity index (χ4v) is 4.75. The first-order valence-electron chi connectivity index (χ1n) is 10.7. The molecule has 0 spiro atoms. The molecule has 5 rings (SSSR count). The Balaban J connectivity index is 1.39. The summed E-state index contributed by atoms with van der Waals surface area (Å²) in [7, 11) is 0. The molecule has 34 heavy (non-hydrogen) atoms. The smallest absolute Gasteiger partial charge is 0.416 e. The molecule has 2 aliphatic rings. The molecule has 0 saturated heterocycles. The maximum Gasteiger partial charge on any atom is 0.416 e. The predicted octanol–water partition coefficient (Wildman–Crippen LogP) is 4.28. The monoisotopic (exact) mass is 491 g/mol. The van der Waals surface area contributed by atoms with Crippen LogP contribution in [0.25, 0.3) is 0 Å². The minimum absolute atomic E-state index is 0.0476. The zero-order valence-electron chi connectivity index (χ0n) is 18.0. The number of anilines is 2. The molecule has 1 atom stereocenters. The van der Waals surface area contributed by atoms with Crippen LogP contribution in [-0.4, -0.2) is 38.4 Å². The number of carbonyl (C=O) groups is 2. The maximum atomic E-state index is 13.3. The summed E-state index contributed by atoms with van der Waals surface area (Å²) in [6, 6.07) is 6.58. The third kappa shape index (κ3) is 4.41. The van der Waals surface area contributed by atoms with Gasteiger partial charge in [0.1, 0.15) is 18.1 Å². The Morgan fingerprint density at radius 1 is 1.29 bits per heavy atom. The van der Waals surface area contributed by atoms with Crippen LogP contribution in [-0.2, 0) is 22.3 Å². The fourth-order valence-electron chi connectivity index (χ4n) is 3.83. The van der Waals surface area contributed by atoms with E-state index in [0.29, 0.717) is 17.6 Å². The van der Waals surface area contributed by atoms with Crippen LogP contribution in [0.5, 0.6) is 0 Å². The summed E-state index contributed by atoms with van der Waals surface area (Å²) in [5.41, 5.74) is -0.726. The third-order valence-electron chi connectivity index (χ3n) is 5.67. The van der Waals surface area contributed by atoms with Crippen LogP contribution in [0.1, 0.15) is 42.8 Å². The van der Waals surface area contributed by atoms with Crippen LogP contribution in [0.15, 0.2) is 46.2 Å². The van der Waals surface area contributed by atoms with Gasteiger partial charge in [-0.05, 0) is 50.1 Å². The molecule has 1 aromatic carbocycles. The number of fused-ring (bicyclic) bond motifs is 1. The molecule has 178 valence electrons. The summed E-state index contributed by atoms with van der Waals surface area (Å²) in [5.74, 6) is 0.907. The molecule has 0 bridgehead atoms. The van der Waals surface area contributed by atoms with Gasteiger partial charge in [0.25, 0.3) is 0 Å². The second kappa shape index (κ2) is 8.49. The molecule has 3 aromatic rings. The summed E-state index contributed by atoms with van der Waals surface area (Å²) < 4.78 is 46.7. The van der Waals surface area contributed by atoms with Gasteiger partial charge in [-0.2, -0.15) is 13.2 Å². The summed E-state index contributed by atoms with van der Waals surface area (Å²) in [4.78, 5) is 26.7. The van der Waals surface area contributed by atoms with Crippen molar-refractivity contribution in [1.29, 1.82) is 0 Å². The summed E-state index contributed by atoms with van der Waals surface area (Å²) >= 11 is 1.19. The SMILES string of the molecule is CC(Sc1nnc(C2CC2)n1Cc1ccco1)C(=O)N1CC(=O)Nc2cc(C(F)(F)F)ccc21. The Morgan fingerprint density at radius 2 is 2.09 bits per heavy atom. The number of hydrogen-bond donors (Lipinski definition) is 1. The van der Waals surface area contributed by atoms with Gasteiger partial charge in [0, 0.05) is 5.92 Å². The minimum Gasteiger partial charge on any atom is -0.467 e. The van der Waals surface area contributed by atoms with Crippen molar-refractivity contribution in [2.75, 3.05) is 16.8 Å². The highest BCUT2D eigenvalue weighted by atomic mass is 32.2. The van der Waals surface area contributed by atoms with Gasteiger partial charge in [-0.25, -0.2) is 0 Å². The summed E-state index contributed by atoms with van der Waals surface area (Å²) in [6.45, 7) is 1.81. The van der Waals surface area contributed by atoms with Crippen LogP contribution in [0, 0.1) is 0 Å². The molecule has 0 radical (unpaired) electrons. The minimum atomic E-state index is -4.56. The van der Waals surface area contributed by atoms with Crippen LogP contribution in [0.3, 0.4) is 0 Å².